The van der Waals surface area contributed by atoms with Gasteiger partial charge >= 0.3 is 5.91 Å². The molecule has 2 aliphatic rings. The van der Waals surface area contributed by atoms with E-state index in [-0.39, 0.29) is 35.7 Å². The van der Waals surface area contributed by atoms with Crippen LogP contribution in [0.5, 0.6) is 0 Å². The summed E-state index contributed by atoms with van der Waals surface area (Å²) in [5.74, 6) is -0.527. The van der Waals surface area contributed by atoms with E-state index in [1.807, 2.05) is 25.8 Å². The molecule has 0 spiro atoms. The molecule has 1 aliphatic carbocycles. The molecule has 2 N–H and O–H groups in total. The second-order valence-corrected chi connectivity index (χ2v) is 9.83. The summed E-state index contributed by atoms with van der Waals surface area (Å²) < 4.78 is 0. The Balaban J connectivity index is 0.00000420. The molecule has 1 heterocycles. The molecule has 1 unspecified atom stereocenters. The Morgan fingerprint density at radius 3 is 2.34 bits per heavy atom. The summed E-state index contributed by atoms with van der Waals surface area (Å²) in [6, 6.07) is -0.806. The molecule has 166 valence electrons. The minimum absolute atomic E-state index is 0. The summed E-state index contributed by atoms with van der Waals surface area (Å²) in [7, 11) is 1.92. The first-order valence-electron chi connectivity index (χ1n) is 10.2. The van der Waals surface area contributed by atoms with Crippen LogP contribution in [-0.2, 0) is 14.4 Å². The van der Waals surface area contributed by atoms with Crippen molar-refractivity contribution in [2.75, 3.05) is 12.8 Å². The molecule has 2 fully saturated rings. The molecule has 0 aromatic rings. The predicted octanol–water partition coefficient (Wildman–Crippen LogP) is 2.93. The summed E-state index contributed by atoms with van der Waals surface area (Å²) >= 11 is 1.54. The van der Waals surface area contributed by atoms with Crippen LogP contribution >= 0.6 is 24.2 Å². The molecule has 0 aromatic carbocycles. The number of amides is 2. The Morgan fingerprint density at radius 2 is 1.83 bits per heavy atom. The number of carbonyl (C=O) groups is 3. The summed E-state index contributed by atoms with van der Waals surface area (Å²) in [4.78, 5) is 39.6. The lowest BCUT2D eigenvalue weighted by Crippen LogP contribution is -2.49. The van der Waals surface area contributed by atoms with E-state index in [0.29, 0.717) is 11.6 Å². The van der Waals surface area contributed by atoms with Crippen LogP contribution in [0.15, 0.2) is 5.10 Å². The van der Waals surface area contributed by atoms with Crippen LogP contribution in [0.1, 0.15) is 66.2 Å². The largest absolute Gasteiger partial charge is 0.347 e. The molecule has 1 saturated heterocycles. The average Bonchev–Trinajstić information content (AvgIpc) is 2.91. The van der Waals surface area contributed by atoms with Crippen molar-refractivity contribution in [3.63, 3.8) is 0 Å². The van der Waals surface area contributed by atoms with Gasteiger partial charge in [0, 0.05) is 24.3 Å². The van der Waals surface area contributed by atoms with Gasteiger partial charge in [-0.15, -0.1) is 17.5 Å². The van der Waals surface area contributed by atoms with Crippen LogP contribution in [0.2, 0.25) is 0 Å². The highest BCUT2D eigenvalue weighted by Crippen LogP contribution is 2.30. The third-order valence-electron chi connectivity index (χ3n) is 5.54. The van der Waals surface area contributed by atoms with E-state index in [1.165, 1.54) is 11.8 Å². The number of thioether (sulfide) groups is 1. The fourth-order valence-corrected chi connectivity index (χ4v) is 4.70. The zero-order valence-corrected chi connectivity index (χ0v) is 19.8. The topological polar surface area (TPSA) is 90.9 Å². The standard InChI is InChI=1S/C20H34N4O3S.ClH/c1-13(2)11-15(21-17(26)14-9-7-6-8-10-14)16(25)18(27)22-23-19-24(5)20(3,4)12-28-19;/h13-15H,6-12H2,1-5H3,(H,21,26)(H,22,27);1H. The zero-order chi connectivity index (χ0) is 20.9. The second-order valence-electron chi connectivity index (χ2n) is 8.89. The first-order valence-corrected chi connectivity index (χ1v) is 11.2. The van der Waals surface area contributed by atoms with Gasteiger partial charge in [-0.25, -0.2) is 5.43 Å². The Morgan fingerprint density at radius 1 is 1.21 bits per heavy atom. The van der Waals surface area contributed by atoms with E-state index in [1.54, 1.807) is 0 Å². The van der Waals surface area contributed by atoms with Crippen molar-refractivity contribution in [3.05, 3.63) is 0 Å². The van der Waals surface area contributed by atoms with Gasteiger partial charge in [-0.05, 0) is 39.0 Å². The molecule has 1 aliphatic heterocycles. The minimum atomic E-state index is -0.806. The Labute approximate surface area is 184 Å². The first-order chi connectivity index (χ1) is 13.1. The molecule has 29 heavy (non-hydrogen) atoms. The van der Waals surface area contributed by atoms with Crippen molar-refractivity contribution in [1.29, 1.82) is 0 Å². The maximum Gasteiger partial charge on any atom is 0.309 e. The number of ketones is 1. The SMILES string of the molecule is CC(C)CC(NC(=O)C1CCCCC1)C(=O)C(=O)NN=C1SCC(C)(C)N1C.Cl. The number of amidine groups is 1. The molecule has 1 atom stereocenters. The monoisotopic (exact) mass is 446 g/mol. The van der Waals surface area contributed by atoms with E-state index < -0.39 is 17.7 Å². The van der Waals surface area contributed by atoms with Gasteiger partial charge < -0.3 is 10.2 Å². The lowest BCUT2D eigenvalue weighted by Gasteiger charge is -2.27. The van der Waals surface area contributed by atoms with Gasteiger partial charge in [0.15, 0.2) is 5.17 Å². The molecule has 9 heteroatoms. The van der Waals surface area contributed by atoms with Gasteiger partial charge in [0.05, 0.1) is 6.04 Å². The summed E-state index contributed by atoms with van der Waals surface area (Å²) in [6.45, 7) is 8.12. The van der Waals surface area contributed by atoms with Crippen LogP contribution in [0, 0.1) is 11.8 Å². The third-order valence-corrected chi connectivity index (χ3v) is 7.02. The maximum atomic E-state index is 12.7. The quantitative estimate of drug-likeness (QED) is 0.463. The second kappa shape index (κ2) is 11.2. The summed E-state index contributed by atoms with van der Waals surface area (Å²) in [5, 5.41) is 7.64. The Kier molecular flexibility index (Phi) is 9.95. The van der Waals surface area contributed by atoms with Crippen molar-refractivity contribution in [3.8, 4) is 0 Å². The van der Waals surface area contributed by atoms with Crippen molar-refractivity contribution in [2.45, 2.75) is 77.8 Å². The number of halogens is 1. The Bertz CT molecular complexity index is 633. The molecular formula is C20H35ClN4O3S. The first kappa shape index (κ1) is 25.8. The van der Waals surface area contributed by atoms with Crippen LogP contribution in [-0.4, -0.2) is 52.0 Å². The van der Waals surface area contributed by atoms with Gasteiger partial charge in [0.2, 0.25) is 11.7 Å². The molecule has 0 aromatic heterocycles. The number of Topliss-reactive ketones (excluding diaryl/α,β-unsaturated/α-hetero) is 1. The molecule has 0 bridgehead atoms. The van der Waals surface area contributed by atoms with Gasteiger partial charge in [-0.3, -0.25) is 14.4 Å². The summed E-state index contributed by atoms with van der Waals surface area (Å²) in [6.07, 6.45) is 5.38. The van der Waals surface area contributed by atoms with Gasteiger partial charge in [0.25, 0.3) is 0 Å². The maximum absolute atomic E-state index is 12.7. The fourth-order valence-electron chi connectivity index (χ4n) is 3.47. The number of nitrogens with one attached hydrogen (secondary N) is 2. The van der Waals surface area contributed by atoms with Crippen LogP contribution in [0.3, 0.4) is 0 Å². The summed E-state index contributed by atoms with van der Waals surface area (Å²) in [5.41, 5.74) is 2.34. The highest BCUT2D eigenvalue weighted by molar-refractivity contribution is 8.14. The molecule has 2 amide bonds. The van der Waals surface area contributed by atoms with Crippen molar-refractivity contribution < 1.29 is 14.4 Å². The van der Waals surface area contributed by atoms with Gasteiger partial charge in [0.1, 0.15) is 0 Å². The number of rotatable bonds is 7. The molecule has 1 saturated carbocycles. The van der Waals surface area contributed by atoms with E-state index in [9.17, 15) is 14.4 Å². The van der Waals surface area contributed by atoms with Crippen molar-refractivity contribution in [2.24, 2.45) is 16.9 Å². The number of hydrazone groups is 1. The Hall–Kier alpha value is -1.28. The van der Waals surface area contributed by atoms with Crippen LogP contribution in [0.25, 0.3) is 0 Å². The zero-order valence-electron chi connectivity index (χ0n) is 18.1. The number of nitrogens with zero attached hydrogens (tertiary/aromatic N) is 2. The lowest BCUT2D eigenvalue weighted by atomic mass is 9.88. The average molecular weight is 447 g/mol. The molecule has 2 rings (SSSR count). The van der Waals surface area contributed by atoms with Crippen LogP contribution in [0.4, 0.5) is 0 Å². The highest BCUT2D eigenvalue weighted by atomic mass is 35.5. The highest BCUT2D eigenvalue weighted by Gasteiger charge is 2.35. The minimum Gasteiger partial charge on any atom is -0.347 e. The van der Waals surface area contributed by atoms with E-state index >= 15 is 0 Å². The molecule has 7 nitrogen and oxygen atoms in total. The smallest absolute Gasteiger partial charge is 0.309 e. The van der Waals surface area contributed by atoms with Gasteiger partial charge in [-0.1, -0.05) is 44.9 Å². The third kappa shape index (κ3) is 7.17. The normalized spacial score (nSPS) is 21.6. The lowest BCUT2D eigenvalue weighted by molar-refractivity contribution is -0.140. The van der Waals surface area contributed by atoms with E-state index in [0.717, 1.165) is 37.9 Å². The number of hydrogen-bond acceptors (Lipinski definition) is 5. The van der Waals surface area contributed by atoms with E-state index in [4.69, 9.17) is 0 Å². The number of hydrogen-bond donors (Lipinski definition) is 2. The van der Waals surface area contributed by atoms with Crippen molar-refractivity contribution >= 4 is 46.9 Å². The molecular weight excluding hydrogens is 412 g/mol. The predicted molar refractivity (Wildman–Crippen MR) is 120 cm³/mol. The number of carbonyl (C=O) groups excluding carboxylic acids is 3. The van der Waals surface area contributed by atoms with E-state index in [2.05, 4.69) is 29.7 Å². The van der Waals surface area contributed by atoms with Crippen molar-refractivity contribution in [1.82, 2.24) is 15.6 Å². The van der Waals surface area contributed by atoms with Crippen LogP contribution < -0.4 is 10.7 Å². The molecule has 0 radical (unpaired) electrons. The van der Waals surface area contributed by atoms with Gasteiger partial charge in [-0.2, -0.15) is 0 Å². The fraction of sp³-hybridized carbons (Fsp3) is 0.800.